The van der Waals surface area contributed by atoms with Gasteiger partial charge >= 0.3 is 0 Å². The van der Waals surface area contributed by atoms with Gasteiger partial charge < -0.3 is 4.98 Å². The van der Waals surface area contributed by atoms with E-state index in [4.69, 9.17) is 0 Å². The maximum atomic E-state index is 2.94. The minimum Gasteiger partial charge on any atom is -0.484 e. The van der Waals surface area contributed by atoms with E-state index >= 15 is 0 Å². The van der Waals surface area contributed by atoms with Gasteiger partial charge in [-0.05, 0) is 0 Å². The summed E-state index contributed by atoms with van der Waals surface area (Å²) < 4.78 is 0. The van der Waals surface area contributed by atoms with Crippen LogP contribution in [0.4, 0.5) is 0 Å². The van der Waals surface area contributed by atoms with Crippen LogP contribution in [0.1, 0.15) is 11.1 Å². The molecule has 0 fully saturated rings. The van der Waals surface area contributed by atoms with Crippen molar-refractivity contribution in [2.24, 2.45) is 0 Å². The summed E-state index contributed by atoms with van der Waals surface area (Å²) in [6.45, 7) is 4.09. The molecule has 0 unspecified atom stereocenters. The molecular formula is C6H8NY-. The average Bonchev–Trinajstić information content (AvgIpc) is 1.91. The van der Waals surface area contributed by atoms with Gasteiger partial charge in [0.1, 0.15) is 0 Å². The van der Waals surface area contributed by atoms with Crippen LogP contribution >= 0.6 is 0 Å². The molecule has 0 spiro atoms. The van der Waals surface area contributed by atoms with Gasteiger partial charge in [0.2, 0.25) is 0 Å². The molecule has 1 N–H and O–H groups in total. The standard InChI is InChI=1S/C6H8N.Y/c1-5-3-7-4-6(5)2;/h3,7H,1-2H3;/q-1;. The smallest absolute Gasteiger partial charge is 0 e. The zero-order chi connectivity index (χ0) is 5.28. The van der Waals surface area contributed by atoms with E-state index in [0.717, 1.165) is 0 Å². The van der Waals surface area contributed by atoms with E-state index in [0.29, 0.717) is 0 Å². The largest absolute Gasteiger partial charge is 0.484 e. The first-order chi connectivity index (χ1) is 3.30. The first kappa shape index (κ1) is 8.38. The molecule has 8 heavy (non-hydrogen) atoms. The van der Waals surface area contributed by atoms with Crippen LogP contribution in [0.5, 0.6) is 0 Å². The molecule has 0 aliphatic carbocycles. The van der Waals surface area contributed by atoms with Gasteiger partial charge in [-0.2, -0.15) is 11.1 Å². The summed E-state index contributed by atoms with van der Waals surface area (Å²) in [6.07, 6.45) is 4.88. The van der Waals surface area contributed by atoms with Crippen molar-refractivity contribution < 1.29 is 32.7 Å². The van der Waals surface area contributed by atoms with Gasteiger partial charge in [0, 0.05) is 32.7 Å². The molecule has 0 bridgehead atoms. The summed E-state index contributed by atoms with van der Waals surface area (Å²) in [4.78, 5) is 2.87. The van der Waals surface area contributed by atoms with E-state index in [2.05, 4.69) is 18.1 Å². The molecule has 1 heterocycles. The van der Waals surface area contributed by atoms with Gasteiger partial charge in [0.15, 0.2) is 0 Å². The van der Waals surface area contributed by atoms with Gasteiger partial charge in [-0.25, -0.2) is 0 Å². The van der Waals surface area contributed by atoms with E-state index in [9.17, 15) is 0 Å². The fraction of sp³-hybridized carbons (Fsp3) is 0.333. The van der Waals surface area contributed by atoms with E-state index in [1.807, 2.05) is 13.1 Å². The molecule has 0 saturated carbocycles. The summed E-state index contributed by atoms with van der Waals surface area (Å²) in [5, 5.41) is 0. The van der Waals surface area contributed by atoms with Gasteiger partial charge in [-0.15, -0.1) is 12.4 Å². The topological polar surface area (TPSA) is 15.8 Å². The Bertz CT molecular complexity index is 141. The van der Waals surface area contributed by atoms with Crippen molar-refractivity contribution in [2.45, 2.75) is 13.8 Å². The van der Waals surface area contributed by atoms with Crippen molar-refractivity contribution in [3.63, 3.8) is 0 Å². The van der Waals surface area contributed by atoms with Crippen LogP contribution < -0.4 is 0 Å². The maximum Gasteiger partial charge on any atom is 0 e. The fourth-order valence-corrected chi connectivity index (χ4v) is 0.459. The molecule has 0 aromatic carbocycles. The first-order valence-electron chi connectivity index (χ1n) is 2.33. The van der Waals surface area contributed by atoms with E-state index in [1.54, 1.807) is 0 Å². The van der Waals surface area contributed by atoms with Gasteiger partial charge in [0.25, 0.3) is 0 Å². The Hall–Kier alpha value is 0.384. The van der Waals surface area contributed by atoms with Gasteiger partial charge in [-0.3, -0.25) is 0 Å². The monoisotopic (exact) mass is 183 g/mol. The van der Waals surface area contributed by atoms with Crippen molar-refractivity contribution in [1.82, 2.24) is 4.98 Å². The summed E-state index contributed by atoms with van der Waals surface area (Å²) in [5.74, 6) is 0. The van der Waals surface area contributed by atoms with Crippen molar-refractivity contribution >= 4 is 0 Å². The third-order valence-corrected chi connectivity index (χ3v) is 1.14. The van der Waals surface area contributed by atoms with Crippen LogP contribution in [0.15, 0.2) is 6.20 Å². The predicted molar refractivity (Wildman–Crippen MR) is 29.1 cm³/mol. The Morgan fingerprint density at radius 1 is 1.50 bits per heavy atom. The van der Waals surface area contributed by atoms with Crippen molar-refractivity contribution in [3.05, 3.63) is 23.5 Å². The number of aromatic nitrogens is 1. The molecule has 41 valence electrons. The average molecular weight is 183 g/mol. The second kappa shape index (κ2) is 3.42. The number of hydrogen-bond acceptors (Lipinski definition) is 0. The normalized spacial score (nSPS) is 8.25. The summed E-state index contributed by atoms with van der Waals surface area (Å²) in [7, 11) is 0. The molecule has 1 radical (unpaired) electrons. The maximum absolute atomic E-state index is 2.94. The SMILES string of the molecule is Cc1[c-][nH]cc1C.[Y]. The minimum atomic E-state index is 0. The van der Waals surface area contributed by atoms with Crippen molar-refractivity contribution in [2.75, 3.05) is 0 Å². The van der Waals surface area contributed by atoms with Gasteiger partial charge in [-0.1, -0.05) is 13.8 Å². The molecule has 1 rings (SSSR count). The van der Waals surface area contributed by atoms with E-state index in [1.165, 1.54) is 11.1 Å². The zero-order valence-corrected chi connectivity index (χ0v) is 7.99. The molecule has 0 aliphatic rings. The Balaban J connectivity index is 0.000000490. The van der Waals surface area contributed by atoms with Crippen LogP contribution in [0.25, 0.3) is 0 Å². The van der Waals surface area contributed by atoms with Gasteiger partial charge in [0.05, 0.1) is 0 Å². The predicted octanol–water partition coefficient (Wildman–Crippen LogP) is 1.43. The van der Waals surface area contributed by atoms with Crippen molar-refractivity contribution in [3.8, 4) is 0 Å². The Kier molecular flexibility index (Phi) is 3.58. The summed E-state index contributed by atoms with van der Waals surface area (Å²) in [6, 6.07) is 0. The molecule has 1 aromatic heterocycles. The molecule has 0 atom stereocenters. The number of rotatable bonds is 0. The fourth-order valence-electron chi connectivity index (χ4n) is 0.459. The van der Waals surface area contributed by atoms with Crippen LogP contribution in [0, 0.1) is 20.0 Å². The molecule has 0 aliphatic heterocycles. The molecule has 0 saturated heterocycles. The number of nitrogens with one attached hydrogen (secondary N) is 1. The van der Waals surface area contributed by atoms with Crippen molar-refractivity contribution in [1.29, 1.82) is 0 Å². The van der Waals surface area contributed by atoms with Crippen LogP contribution in [-0.2, 0) is 32.7 Å². The quantitative estimate of drug-likeness (QED) is 0.585. The third kappa shape index (κ3) is 1.72. The second-order valence-corrected chi connectivity index (χ2v) is 1.72. The molecule has 0 amide bonds. The molecular weight excluding hydrogens is 175 g/mol. The molecule has 2 heteroatoms. The minimum absolute atomic E-state index is 0. The number of hydrogen-bond donors (Lipinski definition) is 1. The second-order valence-electron chi connectivity index (χ2n) is 1.72. The third-order valence-electron chi connectivity index (χ3n) is 1.14. The molecule has 1 aromatic rings. The number of H-pyrrole nitrogens is 1. The number of aromatic amines is 1. The summed E-state index contributed by atoms with van der Waals surface area (Å²) >= 11 is 0. The van der Waals surface area contributed by atoms with Crippen LogP contribution in [0.2, 0.25) is 0 Å². The zero-order valence-electron chi connectivity index (χ0n) is 5.15. The Morgan fingerprint density at radius 2 is 2.12 bits per heavy atom. The first-order valence-corrected chi connectivity index (χ1v) is 2.33. The Labute approximate surface area is 74.8 Å². The van der Waals surface area contributed by atoms with E-state index < -0.39 is 0 Å². The molecule has 1 nitrogen and oxygen atoms in total. The number of aryl methyl sites for hydroxylation is 2. The van der Waals surface area contributed by atoms with Crippen LogP contribution in [-0.4, -0.2) is 4.98 Å². The van der Waals surface area contributed by atoms with Crippen LogP contribution in [0.3, 0.4) is 0 Å². The summed E-state index contributed by atoms with van der Waals surface area (Å²) in [5.41, 5.74) is 2.49. The van der Waals surface area contributed by atoms with E-state index in [-0.39, 0.29) is 32.7 Å². The Morgan fingerprint density at radius 3 is 2.25 bits per heavy atom.